The zero-order valence-corrected chi connectivity index (χ0v) is 15.8. The first-order valence-electron chi connectivity index (χ1n) is 8.16. The maximum atomic E-state index is 13.7. The molecule has 3 rings (SSSR count). The van der Waals surface area contributed by atoms with E-state index in [2.05, 4.69) is 15.5 Å². The number of amides is 1. The highest BCUT2D eigenvalue weighted by Crippen LogP contribution is 2.26. The van der Waals surface area contributed by atoms with Crippen LogP contribution in [-0.2, 0) is 4.79 Å². The molecule has 0 saturated carbocycles. The molecule has 0 aliphatic carbocycles. The molecular formula is C18H17F2N5O2S. The fraction of sp³-hybridized carbons (Fsp3) is 0.167. The van der Waals surface area contributed by atoms with Gasteiger partial charge in [0.1, 0.15) is 17.4 Å². The van der Waals surface area contributed by atoms with Gasteiger partial charge in [0.25, 0.3) is 0 Å². The molecule has 0 bridgehead atoms. The van der Waals surface area contributed by atoms with Crippen LogP contribution in [0.3, 0.4) is 0 Å². The fourth-order valence-corrected chi connectivity index (χ4v) is 3.10. The van der Waals surface area contributed by atoms with E-state index in [9.17, 15) is 13.6 Å². The van der Waals surface area contributed by atoms with Gasteiger partial charge in [-0.3, -0.25) is 4.79 Å². The number of halogens is 2. The van der Waals surface area contributed by atoms with Gasteiger partial charge in [-0.2, -0.15) is 0 Å². The predicted octanol–water partition coefficient (Wildman–Crippen LogP) is 3.07. The Morgan fingerprint density at radius 3 is 2.57 bits per heavy atom. The van der Waals surface area contributed by atoms with Crippen molar-refractivity contribution in [2.24, 2.45) is 0 Å². The van der Waals surface area contributed by atoms with Gasteiger partial charge < -0.3 is 15.9 Å². The number of rotatable bonds is 6. The third kappa shape index (κ3) is 4.22. The first kappa shape index (κ1) is 19.6. The summed E-state index contributed by atoms with van der Waals surface area (Å²) in [5.41, 5.74) is 0.625. The summed E-state index contributed by atoms with van der Waals surface area (Å²) in [6, 6.07) is 10.0. The summed E-state index contributed by atoms with van der Waals surface area (Å²) in [7, 11) is 1.57. The van der Waals surface area contributed by atoms with Gasteiger partial charge in [-0.05, 0) is 43.3 Å². The normalized spacial score (nSPS) is 11.9. The number of benzene rings is 2. The number of ether oxygens (including phenoxy) is 1. The minimum atomic E-state index is -0.852. The number of methoxy groups -OCH3 is 1. The molecule has 1 amide bonds. The molecule has 1 atom stereocenters. The van der Waals surface area contributed by atoms with Gasteiger partial charge >= 0.3 is 0 Å². The predicted molar refractivity (Wildman–Crippen MR) is 102 cm³/mol. The molecule has 0 aliphatic heterocycles. The van der Waals surface area contributed by atoms with Gasteiger partial charge in [0.05, 0.1) is 18.0 Å². The van der Waals surface area contributed by atoms with E-state index >= 15 is 0 Å². The molecule has 28 heavy (non-hydrogen) atoms. The number of thioether (sulfide) groups is 1. The van der Waals surface area contributed by atoms with Gasteiger partial charge in [0.2, 0.25) is 11.1 Å². The van der Waals surface area contributed by atoms with Crippen molar-refractivity contribution in [1.82, 2.24) is 14.9 Å². The number of nitrogens with two attached hydrogens (primary N) is 1. The van der Waals surface area contributed by atoms with Gasteiger partial charge in [-0.25, -0.2) is 13.5 Å². The largest absolute Gasteiger partial charge is 0.497 e. The van der Waals surface area contributed by atoms with Crippen molar-refractivity contribution in [3.8, 4) is 17.1 Å². The van der Waals surface area contributed by atoms with Crippen molar-refractivity contribution < 1.29 is 18.3 Å². The van der Waals surface area contributed by atoms with Crippen LogP contribution in [-0.4, -0.2) is 33.1 Å². The van der Waals surface area contributed by atoms with E-state index in [1.165, 1.54) is 4.68 Å². The summed E-state index contributed by atoms with van der Waals surface area (Å²) in [5.74, 6) is 5.11. The van der Waals surface area contributed by atoms with Gasteiger partial charge in [-0.1, -0.05) is 11.8 Å². The quantitative estimate of drug-likeness (QED) is 0.483. The van der Waals surface area contributed by atoms with E-state index in [1.807, 2.05) is 0 Å². The molecule has 1 heterocycles. The monoisotopic (exact) mass is 405 g/mol. The zero-order chi connectivity index (χ0) is 20.3. The molecule has 3 N–H and O–H groups in total. The summed E-state index contributed by atoms with van der Waals surface area (Å²) < 4.78 is 33.0. The number of aromatic nitrogens is 3. The highest BCUT2D eigenvalue weighted by Gasteiger charge is 2.21. The fourth-order valence-electron chi connectivity index (χ4n) is 2.33. The minimum Gasteiger partial charge on any atom is -0.497 e. The van der Waals surface area contributed by atoms with Gasteiger partial charge in [-0.15, -0.1) is 10.2 Å². The highest BCUT2D eigenvalue weighted by molar-refractivity contribution is 8.00. The second kappa shape index (κ2) is 8.26. The topological polar surface area (TPSA) is 95.1 Å². The highest BCUT2D eigenvalue weighted by atomic mass is 32.2. The van der Waals surface area contributed by atoms with Gasteiger partial charge in [0.15, 0.2) is 5.82 Å². The second-order valence-electron chi connectivity index (χ2n) is 5.78. The number of nitrogen functional groups attached to an aromatic ring is 1. The lowest BCUT2D eigenvalue weighted by molar-refractivity contribution is -0.115. The van der Waals surface area contributed by atoms with Crippen molar-refractivity contribution in [3.63, 3.8) is 0 Å². The number of carbonyl (C=O) groups is 1. The Hall–Kier alpha value is -3.14. The van der Waals surface area contributed by atoms with Crippen LogP contribution >= 0.6 is 11.8 Å². The van der Waals surface area contributed by atoms with E-state index in [1.54, 1.807) is 38.3 Å². The average Bonchev–Trinajstić information content (AvgIpc) is 3.04. The SMILES string of the molecule is COc1ccc(-c2nnc(S[C@@H](C)C(=O)Nc3ccc(F)cc3F)n2N)cc1. The van der Waals surface area contributed by atoms with Crippen molar-refractivity contribution in [2.45, 2.75) is 17.3 Å². The maximum Gasteiger partial charge on any atom is 0.237 e. The lowest BCUT2D eigenvalue weighted by atomic mass is 10.2. The van der Waals surface area contributed by atoms with E-state index in [0.29, 0.717) is 22.8 Å². The van der Waals surface area contributed by atoms with Crippen LogP contribution in [0.5, 0.6) is 5.75 Å². The maximum absolute atomic E-state index is 13.7. The summed E-state index contributed by atoms with van der Waals surface area (Å²) in [6.07, 6.45) is 0. The van der Waals surface area contributed by atoms with Crippen LogP contribution in [0.15, 0.2) is 47.6 Å². The lowest BCUT2D eigenvalue weighted by Crippen LogP contribution is -2.24. The lowest BCUT2D eigenvalue weighted by Gasteiger charge is -2.12. The minimum absolute atomic E-state index is 0.105. The second-order valence-corrected chi connectivity index (χ2v) is 7.09. The number of hydrogen-bond donors (Lipinski definition) is 2. The van der Waals surface area contributed by atoms with Crippen LogP contribution in [0.1, 0.15) is 6.92 Å². The summed E-state index contributed by atoms with van der Waals surface area (Å²) >= 11 is 1.06. The number of hydrogen-bond acceptors (Lipinski definition) is 6. The van der Waals surface area contributed by atoms with Crippen molar-refractivity contribution in [3.05, 3.63) is 54.1 Å². The first-order chi connectivity index (χ1) is 13.4. The van der Waals surface area contributed by atoms with Crippen molar-refractivity contribution in [1.29, 1.82) is 0 Å². The first-order valence-corrected chi connectivity index (χ1v) is 9.04. The molecule has 0 saturated heterocycles. The molecular weight excluding hydrogens is 388 g/mol. The average molecular weight is 405 g/mol. The summed E-state index contributed by atoms with van der Waals surface area (Å²) in [6.45, 7) is 1.61. The standard InChI is InChI=1S/C18H17F2N5O2S/c1-10(17(26)22-15-8-5-12(19)9-14(15)20)28-18-24-23-16(25(18)21)11-3-6-13(27-2)7-4-11/h3-10H,21H2,1-2H3,(H,22,26)/t10-/m0/s1. The van der Waals surface area contributed by atoms with Crippen molar-refractivity contribution >= 4 is 23.4 Å². The van der Waals surface area contributed by atoms with Crippen LogP contribution in [0.25, 0.3) is 11.4 Å². The molecule has 0 fully saturated rings. The van der Waals surface area contributed by atoms with E-state index in [4.69, 9.17) is 10.6 Å². The van der Waals surface area contributed by atoms with E-state index in [-0.39, 0.29) is 5.69 Å². The Labute approximate surface area is 163 Å². The Morgan fingerprint density at radius 2 is 1.93 bits per heavy atom. The Kier molecular flexibility index (Phi) is 5.78. The molecule has 0 aliphatic rings. The van der Waals surface area contributed by atoms with Crippen LogP contribution in [0.2, 0.25) is 0 Å². The smallest absolute Gasteiger partial charge is 0.237 e. The summed E-state index contributed by atoms with van der Waals surface area (Å²) in [5, 5.41) is 10.1. The zero-order valence-electron chi connectivity index (χ0n) is 15.0. The third-order valence-corrected chi connectivity index (χ3v) is 4.91. The van der Waals surface area contributed by atoms with Crippen LogP contribution in [0.4, 0.5) is 14.5 Å². The van der Waals surface area contributed by atoms with E-state index < -0.39 is 22.8 Å². The third-order valence-electron chi connectivity index (χ3n) is 3.85. The number of nitrogens with zero attached hydrogens (tertiary/aromatic N) is 3. The summed E-state index contributed by atoms with van der Waals surface area (Å²) in [4.78, 5) is 12.3. The molecule has 0 spiro atoms. The molecule has 10 heteroatoms. The number of nitrogens with one attached hydrogen (secondary N) is 1. The Bertz CT molecular complexity index is 994. The molecule has 0 radical (unpaired) electrons. The molecule has 146 valence electrons. The Balaban J connectivity index is 1.70. The molecule has 7 nitrogen and oxygen atoms in total. The van der Waals surface area contributed by atoms with Crippen LogP contribution in [0, 0.1) is 11.6 Å². The van der Waals surface area contributed by atoms with Crippen LogP contribution < -0.4 is 15.9 Å². The number of anilines is 1. The molecule has 1 aromatic heterocycles. The van der Waals surface area contributed by atoms with E-state index in [0.717, 1.165) is 29.5 Å². The molecule has 2 aromatic carbocycles. The number of carbonyl (C=O) groups excluding carboxylic acids is 1. The van der Waals surface area contributed by atoms with Gasteiger partial charge in [0, 0.05) is 11.6 Å². The molecule has 3 aromatic rings. The Morgan fingerprint density at radius 1 is 1.21 bits per heavy atom. The molecule has 0 unspecified atom stereocenters. The van der Waals surface area contributed by atoms with Crippen molar-refractivity contribution in [2.75, 3.05) is 18.3 Å².